The van der Waals surface area contributed by atoms with Gasteiger partial charge in [0.25, 0.3) is 0 Å². The zero-order valence-corrected chi connectivity index (χ0v) is 11.0. The fourth-order valence-electron chi connectivity index (χ4n) is 1.30. The number of aryl methyl sites for hydroxylation is 1. The number of aliphatic carboxylic acids is 1. The van der Waals surface area contributed by atoms with Crippen LogP contribution < -0.4 is 5.32 Å². The lowest BCUT2D eigenvalue weighted by molar-refractivity contribution is -0.131. The number of nitrogens with zero attached hydrogens (tertiary/aromatic N) is 1. The van der Waals surface area contributed by atoms with Gasteiger partial charge in [-0.05, 0) is 18.9 Å². The smallest absolute Gasteiger partial charge is 0.407 e. The average Bonchev–Trinajstić information content (AvgIpc) is 2.87. The molecule has 0 aliphatic heterocycles. The van der Waals surface area contributed by atoms with E-state index in [4.69, 9.17) is 9.52 Å². The Morgan fingerprint density at radius 3 is 3.00 bits per heavy atom. The lowest BCUT2D eigenvalue weighted by Crippen LogP contribution is -2.22. The summed E-state index contributed by atoms with van der Waals surface area (Å²) >= 11 is 0. The molecule has 1 amide bonds. The minimum absolute atomic E-state index is 0.311. The highest BCUT2D eigenvalue weighted by atomic mass is 16.5. The van der Waals surface area contributed by atoms with Crippen molar-refractivity contribution in [2.75, 3.05) is 13.7 Å². The third-order valence-electron chi connectivity index (χ3n) is 2.21. The molecule has 7 heteroatoms. The highest BCUT2D eigenvalue weighted by Crippen LogP contribution is 2.06. The van der Waals surface area contributed by atoms with Gasteiger partial charge in [-0.3, -0.25) is 0 Å². The molecule has 0 unspecified atom stereocenters. The van der Waals surface area contributed by atoms with Crippen molar-refractivity contribution in [1.29, 1.82) is 0 Å². The molecule has 0 aromatic carbocycles. The van der Waals surface area contributed by atoms with Gasteiger partial charge >= 0.3 is 12.1 Å². The number of rotatable bonds is 7. The first kappa shape index (κ1) is 15.5. The van der Waals surface area contributed by atoms with Crippen molar-refractivity contribution in [1.82, 2.24) is 10.3 Å². The molecular formula is C13H16N2O5. The summed E-state index contributed by atoms with van der Waals surface area (Å²) in [5.41, 5.74) is 0.737. The Bertz CT molecular complexity index is 505. The number of allylic oxidation sites excluding steroid dienone is 1. The molecule has 1 rings (SSSR count). The second-order valence-electron chi connectivity index (χ2n) is 3.73. The number of alkyl carbamates (subject to hydrolysis) is 1. The van der Waals surface area contributed by atoms with Crippen LogP contribution in [-0.4, -0.2) is 35.8 Å². The van der Waals surface area contributed by atoms with E-state index in [1.807, 2.05) is 0 Å². The largest absolute Gasteiger partial charge is 0.478 e. The number of carboxylic acid groups (broad SMARTS) is 1. The summed E-state index contributed by atoms with van der Waals surface area (Å²) < 4.78 is 9.60. The van der Waals surface area contributed by atoms with Crippen LogP contribution in [0.5, 0.6) is 0 Å². The summed E-state index contributed by atoms with van der Waals surface area (Å²) in [7, 11) is 1.29. The van der Waals surface area contributed by atoms with Gasteiger partial charge in [0.05, 0.1) is 12.8 Å². The molecule has 0 saturated carbocycles. The molecule has 0 fully saturated rings. The maximum Gasteiger partial charge on any atom is 0.407 e. The lowest BCUT2D eigenvalue weighted by atomic mass is 10.2. The maximum absolute atomic E-state index is 10.8. The number of carboxylic acids is 1. The third-order valence-corrected chi connectivity index (χ3v) is 2.21. The van der Waals surface area contributed by atoms with Crippen molar-refractivity contribution in [3.8, 4) is 0 Å². The van der Waals surface area contributed by atoms with Gasteiger partial charge in [0.15, 0.2) is 0 Å². The summed E-state index contributed by atoms with van der Waals surface area (Å²) in [6.07, 6.45) is 8.15. The van der Waals surface area contributed by atoms with Crippen molar-refractivity contribution in [2.45, 2.75) is 12.8 Å². The standard InChI is InChI=1S/C13H16N2O5/c1-19-13(18)14-8-4-6-11-15-10(9-20-11)5-2-3-7-12(16)17/h3-4,6-7,9H,2,5,8H2,1H3,(H,14,18)(H,16,17). The second-order valence-corrected chi connectivity index (χ2v) is 3.73. The van der Waals surface area contributed by atoms with E-state index in [-0.39, 0.29) is 0 Å². The van der Waals surface area contributed by atoms with E-state index in [1.165, 1.54) is 13.4 Å². The minimum atomic E-state index is -0.966. The van der Waals surface area contributed by atoms with Gasteiger partial charge in [-0.1, -0.05) is 12.2 Å². The van der Waals surface area contributed by atoms with Crippen molar-refractivity contribution in [2.24, 2.45) is 0 Å². The van der Waals surface area contributed by atoms with Crippen LogP contribution in [0.3, 0.4) is 0 Å². The highest BCUT2D eigenvalue weighted by Gasteiger charge is 2.00. The predicted molar refractivity (Wildman–Crippen MR) is 71.0 cm³/mol. The molecule has 0 bridgehead atoms. The van der Waals surface area contributed by atoms with E-state index in [9.17, 15) is 9.59 Å². The number of oxazole rings is 1. The number of amides is 1. The Balaban J connectivity index is 2.33. The number of ether oxygens (including phenoxy) is 1. The lowest BCUT2D eigenvalue weighted by Gasteiger charge is -1.97. The molecule has 0 saturated heterocycles. The molecule has 0 aliphatic carbocycles. The van der Waals surface area contributed by atoms with Crippen LogP contribution in [0.4, 0.5) is 4.79 Å². The number of methoxy groups -OCH3 is 1. The molecule has 0 radical (unpaired) electrons. The first-order chi connectivity index (χ1) is 9.61. The summed E-state index contributed by atoms with van der Waals surface area (Å²) in [4.78, 5) is 25.2. The number of hydrogen-bond acceptors (Lipinski definition) is 5. The molecule has 2 N–H and O–H groups in total. The van der Waals surface area contributed by atoms with E-state index >= 15 is 0 Å². The Morgan fingerprint density at radius 1 is 1.50 bits per heavy atom. The SMILES string of the molecule is COC(=O)NCC=Cc1nc(CCC=CC(=O)O)co1. The summed E-state index contributed by atoms with van der Waals surface area (Å²) in [5.74, 6) is -0.541. The molecule has 0 spiro atoms. The Morgan fingerprint density at radius 2 is 2.30 bits per heavy atom. The van der Waals surface area contributed by atoms with Gasteiger partial charge < -0.3 is 19.6 Å². The first-order valence-electron chi connectivity index (χ1n) is 5.94. The van der Waals surface area contributed by atoms with E-state index in [0.29, 0.717) is 25.3 Å². The van der Waals surface area contributed by atoms with E-state index in [0.717, 1.165) is 11.8 Å². The van der Waals surface area contributed by atoms with Crippen molar-refractivity contribution in [3.05, 3.63) is 36.1 Å². The van der Waals surface area contributed by atoms with E-state index in [2.05, 4.69) is 15.0 Å². The van der Waals surface area contributed by atoms with Gasteiger partial charge in [-0.25, -0.2) is 14.6 Å². The molecular weight excluding hydrogens is 264 g/mol. The maximum atomic E-state index is 10.8. The topological polar surface area (TPSA) is 102 Å². The second kappa shape index (κ2) is 8.52. The quantitative estimate of drug-likeness (QED) is 0.736. The molecule has 7 nitrogen and oxygen atoms in total. The Labute approximate surface area is 115 Å². The Hall–Kier alpha value is -2.57. The molecule has 20 heavy (non-hydrogen) atoms. The van der Waals surface area contributed by atoms with Crippen LogP contribution in [0, 0.1) is 0 Å². The van der Waals surface area contributed by atoms with Gasteiger partial charge in [0, 0.05) is 12.6 Å². The van der Waals surface area contributed by atoms with Gasteiger partial charge in [-0.15, -0.1) is 0 Å². The average molecular weight is 280 g/mol. The monoisotopic (exact) mass is 280 g/mol. The minimum Gasteiger partial charge on any atom is -0.478 e. The van der Waals surface area contributed by atoms with E-state index < -0.39 is 12.1 Å². The number of carbonyl (C=O) groups is 2. The molecule has 0 atom stereocenters. The zero-order valence-electron chi connectivity index (χ0n) is 11.0. The van der Waals surface area contributed by atoms with Crippen LogP contribution in [0.25, 0.3) is 6.08 Å². The fourth-order valence-corrected chi connectivity index (χ4v) is 1.30. The van der Waals surface area contributed by atoms with Crippen LogP contribution in [-0.2, 0) is 16.0 Å². The van der Waals surface area contributed by atoms with Crippen LogP contribution >= 0.6 is 0 Å². The summed E-state index contributed by atoms with van der Waals surface area (Å²) in [6, 6.07) is 0. The summed E-state index contributed by atoms with van der Waals surface area (Å²) in [5, 5.41) is 10.9. The molecule has 1 aromatic heterocycles. The van der Waals surface area contributed by atoms with Crippen LogP contribution in [0.15, 0.2) is 28.9 Å². The van der Waals surface area contributed by atoms with Crippen molar-refractivity contribution in [3.63, 3.8) is 0 Å². The number of hydrogen-bond donors (Lipinski definition) is 2. The van der Waals surface area contributed by atoms with Gasteiger partial charge in [-0.2, -0.15) is 0 Å². The number of nitrogens with one attached hydrogen (secondary N) is 1. The third kappa shape index (κ3) is 6.39. The zero-order chi connectivity index (χ0) is 14.8. The predicted octanol–water partition coefficient (Wildman–Crippen LogP) is 1.62. The first-order valence-corrected chi connectivity index (χ1v) is 5.94. The molecule has 1 aromatic rings. The molecule has 1 heterocycles. The Kier molecular flexibility index (Phi) is 6.60. The van der Waals surface area contributed by atoms with Crippen molar-refractivity contribution >= 4 is 18.1 Å². The molecule has 0 aliphatic rings. The number of aromatic nitrogens is 1. The normalized spacial score (nSPS) is 11.1. The summed E-state index contributed by atoms with van der Waals surface area (Å²) in [6.45, 7) is 0.311. The van der Waals surface area contributed by atoms with Gasteiger partial charge in [0.1, 0.15) is 6.26 Å². The molecule has 108 valence electrons. The highest BCUT2D eigenvalue weighted by molar-refractivity contribution is 5.79. The van der Waals surface area contributed by atoms with E-state index in [1.54, 1.807) is 18.2 Å². The van der Waals surface area contributed by atoms with Crippen LogP contribution in [0.1, 0.15) is 18.0 Å². The van der Waals surface area contributed by atoms with Crippen molar-refractivity contribution < 1.29 is 23.8 Å². The fraction of sp³-hybridized carbons (Fsp3) is 0.308. The van der Waals surface area contributed by atoms with Gasteiger partial charge in [0.2, 0.25) is 5.89 Å². The number of carbonyl (C=O) groups excluding carboxylic acids is 1. The van der Waals surface area contributed by atoms with Crippen LogP contribution in [0.2, 0.25) is 0 Å².